The predicted molar refractivity (Wildman–Crippen MR) is 88.2 cm³/mol. The molecule has 0 saturated carbocycles. The minimum absolute atomic E-state index is 0.0608. The average molecular weight is 395 g/mol. The molecule has 0 radical (unpaired) electrons. The molecule has 0 amide bonds. The summed E-state index contributed by atoms with van der Waals surface area (Å²) >= 11 is 16.5. The van der Waals surface area contributed by atoms with Crippen LogP contribution in [0.3, 0.4) is 0 Å². The quantitative estimate of drug-likeness (QED) is 0.532. The van der Waals surface area contributed by atoms with Gasteiger partial charge >= 0.3 is 0 Å². The van der Waals surface area contributed by atoms with Gasteiger partial charge < -0.3 is 5.73 Å². The molecule has 0 saturated heterocycles. The Kier molecular flexibility index (Phi) is 5.75. The van der Waals surface area contributed by atoms with Gasteiger partial charge in [0.2, 0.25) is 0 Å². The van der Waals surface area contributed by atoms with E-state index in [-0.39, 0.29) is 5.02 Å². The van der Waals surface area contributed by atoms with E-state index in [0.29, 0.717) is 20.8 Å². The number of benzene rings is 2. The van der Waals surface area contributed by atoms with E-state index >= 15 is 0 Å². The summed E-state index contributed by atoms with van der Waals surface area (Å²) in [5.41, 5.74) is 6.44. The molecule has 0 aliphatic rings. The zero-order valence-corrected chi connectivity index (χ0v) is 14.2. The first-order valence-electron chi connectivity index (χ1n) is 5.76. The topological polar surface area (TPSA) is 26.0 Å². The van der Waals surface area contributed by atoms with Crippen molar-refractivity contribution in [3.63, 3.8) is 0 Å². The highest BCUT2D eigenvalue weighted by molar-refractivity contribution is 9.10. The van der Waals surface area contributed by atoms with Crippen LogP contribution in [0.25, 0.3) is 0 Å². The second-order valence-electron chi connectivity index (χ2n) is 4.14. The van der Waals surface area contributed by atoms with E-state index in [9.17, 15) is 4.39 Å². The molecule has 6 heteroatoms. The van der Waals surface area contributed by atoms with Crippen LogP contribution in [0.2, 0.25) is 10.0 Å². The summed E-state index contributed by atoms with van der Waals surface area (Å²) in [5, 5.41) is 0.729. The highest BCUT2D eigenvalue weighted by atomic mass is 79.9. The molecule has 0 heterocycles. The molecule has 2 rings (SSSR count). The minimum atomic E-state index is -0.472. The molecule has 1 atom stereocenters. The summed E-state index contributed by atoms with van der Waals surface area (Å²) in [6, 6.07) is 10.4. The van der Waals surface area contributed by atoms with E-state index in [4.69, 9.17) is 28.9 Å². The van der Waals surface area contributed by atoms with Crippen LogP contribution < -0.4 is 5.73 Å². The number of hydrogen-bond donors (Lipinski definition) is 1. The van der Waals surface area contributed by atoms with Crippen LogP contribution in [0.1, 0.15) is 11.6 Å². The van der Waals surface area contributed by atoms with Gasteiger partial charge in [0, 0.05) is 31.7 Å². The lowest BCUT2D eigenvalue weighted by molar-refractivity contribution is 0.595. The van der Waals surface area contributed by atoms with Crippen molar-refractivity contribution in [2.24, 2.45) is 5.73 Å². The predicted octanol–water partition coefficient (Wildman–Crippen LogP) is 5.69. The fourth-order valence-electron chi connectivity index (χ4n) is 1.66. The summed E-state index contributed by atoms with van der Waals surface area (Å²) in [6.45, 7) is 0. The molecule has 1 nitrogen and oxygen atoms in total. The lowest BCUT2D eigenvalue weighted by Crippen LogP contribution is -2.15. The first-order valence-corrected chi connectivity index (χ1v) is 8.30. The van der Waals surface area contributed by atoms with E-state index < -0.39 is 11.9 Å². The van der Waals surface area contributed by atoms with Crippen LogP contribution in [-0.4, -0.2) is 5.75 Å². The molecular formula is C14H11BrCl2FNS. The number of nitrogens with two attached hydrogens (primary N) is 1. The lowest BCUT2D eigenvalue weighted by atomic mass is 10.1. The Morgan fingerprint density at radius 2 is 2.00 bits per heavy atom. The van der Waals surface area contributed by atoms with E-state index in [0.717, 1.165) is 4.90 Å². The Bertz CT molecular complexity index is 624. The van der Waals surface area contributed by atoms with Crippen molar-refractivity contribution in [1.29, 1.82) is 0 Å². The SMILES string of the molecule is NC(CSc1cccc(Cl)c1)c1ccc(Br)c(Cl)c1F. The molecule has 2 aromatic rings. The van der Waals surface area contributed by atoms with Crippen LogP contribution in [0, 0.1) is 5.82 Å². The van der Waals surface area contributed by atoms with Gasteiger partial charge in [-0.1, -0.05) is 35.3 Å². The van der Waals surface area contributed by atoms with Crippen molar-refractivity contribution in [2.75, 3.05) is 5.75 Å². The van der Waals surface area contributed by atoms with Crippen molar-refractivity contribution in [1.82, 2.24) is 0 Å². The zero-order chi connectivity index (χ0) is 14.7. The van der Waals surface area contributed by atoms with Gasteiger partial charge in [-0.3, -0.25) is 0 Å². The maximum Gasteiger partial charge on any atom is 0.147 e. The highest BCUT2D eigenvalue weighted by Crippen LogP contribution is 2.32. The zero-order valence-electron chi connectivity index (χ0n) is 10.2. The van der Waals surface area contributed by atoms with Gasteiger partial charge in [-0.15, -0.1) is 11.8 Å². The molecule has 0 fully saturated rings. The molecule has 0 bridgehead atoms. The minimum Gasteiger partial charge on any atom is -0.323 e. The van der Waals surface area contributed by atoms with E-state index in [1.54, 1.807) is 18.2 Å². The second kappa shape index (κ2) is 7.14. The van der Waals surface area contributed by atoms with Gasteiger partial charge in [-0.2, -0.15) is 0 Å². The van der Waals surface area contributed by atoms with Crippen LogP contribution >= 0.6 is 50.9 Å². The van der Waals surface area contributed by atoms with E-state index in [1.807, 2.05) is 18.2 Å². The molecule has 106 valence electrons. The normalized spacial score (nSPS) is 12.4. The third-order valence-corrected chi connectivity index (χ3v) is 5.30. The molecule has 0 aliphatic heterocycles. The summed E-state index contributed by atoms with van der Waals surface area (Å²) in [7, 11) is 0. The summed E-state index contributed by atoms with van der Waals surface area (Å²) in [4.78, 5) is 0.997. The Balaban J connectivity index is 2.09. The Morgan fingerprint density at radius 1 is 1.25 bits per heavy atom. The molecular weight excluding hydrogens is 384 g/mol. The van der Waals surface area contributed by atoms with Gasteiger partial charge in [-0.05, 0) is 40.2 Å². The molecule has 0 aromatic heterocycles. The lowest BCUT2D eigenvalue weighted by Gasteiger charge is -2.14. The monoisotopic (exact) mass is 393 g/mol. The van der Waals surface area contributed by atoms with E-state index in [2.05, 4.69) is 15.9 Å². The largest absolute Gasteiger partial charge is 0.323 e. The van der Waals surface area contributed by atoms with Gasteiger partial charge in [0.05, 0.1) is 5.02 Å². The first-order chi connectivity index (χ1) is 9.49. The summed E-state index contributed by atoms with van der Waals surface area (Å²) in [6.07, 6.45) is 0. The Morgan fingerprint density at radius 3 is 2.70 bits per heavy atom. The van der Waals surface area contributed by atoms with Crippen molar-refractivity contribution < 1.29 is 4.39 Å². The highest BCUT2D eigenvalue weighted by Gasteiger charge is 2.16. The molecule has 0 aliphatic carbocycles. The number of hydrogen-bond acceptors (Lipinski definition) is 2. The van der Waals surface area contributed by atoms with Crippen molar-refractivity contribution in [3.05, 3.63) is 62.3 Å². The molecule has 1 unspecified atom stereocenters. The third-order valence-electron chi connectivity index (χ3n) is 2.69. The van der Waals surface area contributed by atoms with Gasteiger partial charge in [0.1, 0.15) is 5.82 Å². The average Bonchev–Trinajstić information content (AvgIpc) is 2.42. The number of thioether (sulfide) groups is 1. The van der Waals surface area contributed by atoms with Gasteiger partial charge in [0.25, 0.3) is 0 Å². The van der Waals surface area contributed by atoms with Crippen LogP contribution in [-0.2, 0) is 0 Å². The number of halogens is 4. The standard InChI is InChI=1S/C14H11BrCl2FNS/c15-11-5-4-10(14(18)13(11)17)12(19)7-20-9-3-1-2-8(16)6-9/h1-6,12H,7,19H2. The molecule has 0 spiro atoms. The number of rotatable bonds is 4. The molecule has 2 aromatic carbocycles. The first kappa shape index (κ1) is 16.1. The van der Waals surface area contributed by atoms with Crippen molar-refractivity contribution in [2.45, 2.75) is 10.9 Å². The van der Waals surface area contributed by atoms with Crippen molar-refractivity contribution in [3.8, 4) is 0 Å². The van der Waals surface area contributed by atoms with Crippen molar-refractivity contribution >= 4 is 50.9 Å². The molecule has 2 N–H and O–H groups in total. The maximum absolute atomic E-state index is 14.0. The van der Waals surface area contributed by atoms with Gasteiger partial charge in [-0.25, -0.2) is 4.39 Å². The Labute approximate surface area is 139 Å². The third kappa shape index (κ3) is 3.89. The van der Waals surface area contributed by atoms with Crippen LogP contribution in [0.5, 0.6) is 0 Å². The summed E-state index contributed by atoms with van der Waals surface area (Å²) < 4.78 is 14.6. The van der Waals surface area contributed by atoms with E-state index in [1.165, 1.54) is 11.8 Å². The van der Waals surface area contributed by atoms with Crippen LogP contribution in [0.15, 0.2) is 45.8 Å². The fourth-order valence-corrected chi connectivity index (χ4v) is 3.33. The maximum atomic E-state index is 14.0. The smallest absolute Gasteiger partial charge is 0.147 e. The van der Waals surface area contributed by atoms with Crippen LogP contribution in [0.4, 0.5) is 4.39 Å². The summed E-state index contributed by atoms with van der Waals surface area (Å²) in [5.74, 6) is 0.0649. The molecule has 20 heavy (non-hydrogen) atoms. The fraction of sp³-hybridized carbons (Fsp3) is 0.143. The Hall–Kier alpha value is -0.260. The second-order valence-corrected chi connectivity index (χ2v) is 6.90. The van der Waals surface area contributed by atoms with Gasteiger partial charge in [0.15, 0.2) is 0 Å².